The van der Waals surface area contributed by atoms with Gasteiger partial charge in [-0.2, -0.15) is 0 Å². The lowest BCUT2D eigenvalue weighted by molar-refractivity contribution is -0.274. The largest absolute Gasteiger partial charge is 0.573 e. The maximum absolute atomic E-state index is 12.7. The number of para-hydroxylation sites is 1. The molecule has 2 aromatic carbocycles. The van der Waals surface area contributed by atoms with Gasteiger partial charge in [-0.05, 0) is 68.5 Å². The van der Waals surface area contributed by atoms with Gasteiger partial charge in [-0.15, -0.1) is 13.2 Å². The number of pyridine rings is 1. The van der Waals surface area contributed by atoms with Crippen LogP contribution in [0.1, 0.15) is 31.2 Å². The second-order valence-corrected chi connectivity index (χ2v) is 9.43. The average Bonchev–Trinajstić information content (AvgIpc) is 2.80. The van der Waals surface area contributed by atoms with Crippen molar-refractivity contribution in [3.63, 3.8) is 0 Å². The second kappa shape index (κ2) is 10.8. The number of hydrogen-bond acceptors (Lipinski definition) is 5. The molecule has 0 unspecified atom stereocenters. The number of rotatable bonds is 8. The van der Waals surface area contributed by atoms with Crippen molar-refractivity contribution >= 4 is 38.3 Å². The lowest BCUT2D eigenvalue weighted by Gasteiger charge is -2.30. The highest BCUT2D eigenvalue weighted by atomic mass is 79.9. The van der Waals surface area contributed by atoms with Crippen molar-refractivity contribution in [2.75, 3.05) is 24.2 Å². The predicted molar refractivity (Wildman–Crippen MR) is 133 cm³/mol. The van der Waals surface area contributed by atoms with E-state index in [9.17, 15) is 13.2 Å². The molecule has 5 nitrogen and oxygen atoms in total. The van der Waals surface area contributed by atoms with Gasteiger partial charge >= 0.3 is 6.36 Å². The van der Waals surface area contributed by atoms with E-state index in [0.717, 1.165) is 52.6 Å². The standard InChI is InChI=1S/C25H28BrF3N4O/c1-30-22-15-24(33-21-5-3-2-4-20(21)22)32-19-9-7-18(8-10-19)31-13-12-16-14-17(26)6-11-23(16)34-25(27,28)29/h2-6,11,14-15,18-19,31H,7-10,12-13H2,1H3,(H2,30,32,33). The molecule has 0 radical (unpaired) electrons. The summed E-state index contributed by atoms with van der Waals surface area (Å²) in [6, 6.07) is 15.4. The lowest BCUT2D eigenvalue weighted by atomic mass is 9.91. The summed E-state index contributed by atoms with van der Waals surface area (Å²) in [6.45, 7) is 0.588. The monoisotopic (exact) mass is 536 g/mol. The fourth-order valence-corrected chi connectivity index (χ4v) is 4.89. The topological polar surface area (TPSA) is 58.2 Å². The highest BCUT2D eigenvalue weighted by molar-refractivity contribution is 9.10. The quantitative estimate of drug-likeness (QED) is 0.307. The first-order chi connectivity index (χ1) is 16.3. The van der Waals surface area contributed by atoms with Crippen molar-refractivity contribution in [1.82, 2.24) is 10.3 Å². The summed E-state index contributed by atoms with van der Waals surface area (Å²) in [6.07, 6.45) is -0.254. The maximum atomic E-state index is 12.7. The smallest absolute Gasteiger partial charge is 0.406 e. The number of ether oxygens (including phenoxy) is 1. The van der Waals surface area contributed by atoms with Crippen LogP contribution in [-0.2, 0) is 6.42 Å². The van der Waals surface area contributed by atoms with E-state index in [0.29, 0.717) is 30.6 Å². The van der Waals surface area contributed by atoms with Gasteiger partial charge in [0.25, 0.3) is 0 Å². The number of halogens is 4. The molecule has 1 saturated carbocycles. The van der Waals surface area contributed by atoms with Crippen LogP contribution in [0.5, 0.6) is 5.75 Å². The van der Waals surface area contributed by atoms with Gasteiger partial charge in [0.05, 0.1) is 5.52 Å². The van der Waals surface area contributed by atoms with Crippen LogP contribution in [0.15, 0.2) is 53.0 Å². The molecule has 0 atom stereocenters. The zero-order valence-electron chi connectivity index (χ0n) is 18.9. The Kier molecular flexibility index (Phi) is 7.83. The van der Waals surface area contributed by atoms with Crippen molar-refractivity contribution in [3.05, 3.63) is 58.6 Å². The van der Waals surface area contributed by atoms with Crippen molar-refractivity contribution in [3.8, 4) is 5.75 Å². The Labute approximate surface area is 205 Å². The Morgan fingerprint density at radius 2 is 1.76 bits per heavy atom. The molecule has 1 aromatic heterocycles. The van der Waals surface area contributed by atoms with Crippen molar-refractivity contribution < 1.29 is 17.9 Å². The zero-order valence-corrected chi connectivity index (χ0v) is 20.5. The fourth-order valence-electron chi connectivity index (χ4n) is 4.49. The minimum absolute atomic E-state index is 0.144. The molecule has 182 valence electrons. The Morgan fingerprint density at radius 3 is 2.50 bits per heavy atom. The molecule has 1 heterocycles. The summed E-state index contributed by atoms with van der Waals surface area (Å²) >= 11 is 3.33. The fraction of sp³-hybridized carbons (Fsp3) is 0.400. The lowest BCUT2D eigenvalue weighted by Crippen LogP contribution is -2.38. The van der Waals surface area contributed by atoms with Gasteiger partial charge < -0.3 is 20.7 Å². The van der Waals surface area contributed by atoms with E-state index >= 15 is 0 Å². The van der Waals surface area contributed by atoms with E-state index in [-0.39, 0.29) is 5.75 Å². The third kappa shape index (κ3) is 6.54. The summed E-state index contributed by atoms with van der Waals surface area (Å²) < 4.78 is 43.0. The first-order valence-corrected chi connectivity index (χ1v) is 12.2. The summed E-state index contributed by atoms with van der Waals surface area (Å²) in [7, 11) is 1.91. The second-order valence-electron chi connectivity index (χ2n) is 8.52. The predicted octanol–water partition coefficient (Wildman–Crippen LogP) is 6.49. The van der Waals surface area contributed by atoms with Crippen LogP contribution >= 0.6 is 15.9 Å². The SMILES string of the molecule is CNc1cc(NC2CCC(NCCc3cc(Br)ccc3OC(F)(F)F)CC2)nc2ccccc12. The van der Waals surface area contributed by atoms with Crippen LogP contribution in [0.2, 0.25) is 0 Å². The van der Waals surface area contributed by atoms with Crippen molar-refractivity contribution in [1.29, 1.82) is 0 Å². The highest BCUT2D eigenvalue weighted by Gasteiger charge is 2.32. The van der Waals surface area contributed by atoms with Crippen LogP contribution in [0.4, 0.5) is 24.7 Å². The summed E-state index contributed by atoms with van der Waals surface area (Å²) in [5, 5.41) is 11.4. The molecule has 0 spiro atoms. The first-order valence-electron chi connectivity index (χ1n) is 11.4. The molecule has 0 aliphatic heterocycles. The molecule has 1 aliphatic rings. The van der Waals surface area contributed by atoms with E-state index < -0.39 is 6.36 Å². The van der Waals surface area contributed by atoms with Crippen LogP contribution in [-0.4, -0.2) is 37.0 Å². The number of nitrogens with zero attached hydrogens (tertiary/aromatic N) is 1. The van der Waals surface area contributed by atoms with E-state index in [1.54, 1.807) is 12.1 Å². The van der Waals surface area contributed by atoms with Crippen molar-refractivity contribution in [2.45, 2.75) is 50.6 Å². The van der Waals surface area contributed by atoms with E-state index in [1.807, 2.05) is 31.3 Å². The highest BCUT2D eigenvalue weighted by Crippen LogP contribution is 2.30. The molecule has 3 N–H and O–H groups in total. The third-order valence-electron chi connectivity index (χ3n) is 6.14. The number of nitrogens with one attached hydrogen (secondary N) is 3. The third-order valence-corrected chi connectivity index (χ3v) is 6.63. The van der Waals surface area contributed by atoms with Gasteiger partial charge in [0.2, 0.25) is 0 Å². The first kappa shape index (κ1) is 24.6. The summed E-state index contributed by atoms with van der Waals surface area (Å²) in [5.41, 5.74) is 2.52. The number of anilines is 2. The molecule has 0 bridgehead atoms. The Bertz CT molecular complexity index is 1120. The van der Waals surface area contributed by atoms with Gasteiger partial charge in [-0.1, -0.05) is 34.1 Å². The van der Waals surface area contributed by atoms with Crippen LogP contribution in [0, 0.1) is 0 Å². The van der Waals surface area contributed by atoms with Gasteiger partial charge in [0.15, 0.2) is 0 Å². The van der Waals surface area contributed by atoms with Gasteiger partial charge in [-0.25, -0.2) is 4.98 Å². The molecule has 3 aromatic rings. The number of fused-ring (bicyclic) bond motifs is 1. The van der Waals surface area contributed by atoms with Crippen LogP contribution in [0.3, 0.4) is 0 Å². The van der Waals surface area contributed by atoms with Gasteiger partial charge in [0, 0.05) is 40.7 Å². The Morgan fingerprint density at radius 1 is 1.03 bits per heavy atom. The number of alkyl halides is 3. The summed E-state index contributed by atoms with van der Waals surface area (Å²) in [5.74, 6) is 0.723. The van der Waals surface area contributed by atoms with Gasteiger partial charge in [0.1, 0.15) is 11.6 Å². The number of aromatic nitrogens is 1. The molecule has 9 heteroatoms. The Balaban J connectivity index is 1.28. The maximum Gasteiger partial charge on any atom is 0.573 e. The van der Waals surface area contributed by atoms with E-state index in [2.05, 4.69) is 42.7 Å². The molecule has 1 fully saturated rings. The van der Waals surface area contributed by atoms with Crippen LogP contribution < -0.4 is 20.7 Å². The van der Waals surface area contributed by atoms with Gasteiger partial charge in [-0.3, -0.25) is 0 Å². The molecule has 4 rings (SSSR count). The molecular weight excluding hydrogens is 509 g/mol. The number of benzene rings is 2. The molecule has 34 heavy (non-hydrogen) atoms. The average molecular weight is 537 g/mol. The Hall–Kier alpha value is -2.52. The molecule has 0 amide bonds. The van der Waals surface area contributed by atoms with Crippen molar-refractivity contribution in [2.24, 2.45) is 0 Å². The minimum Gasteiger partial charge on any atom is -0.406 e. The zero-order chi connectivity index (χ0) is 24.1. The normalized spacial score (nSPS) is 18.6. The molecule has 1 aliphatic carbocycles. The van der Waals surface area contributed by atoms with Crippen LogP contribution in [0.25, 0.3) is 10.9 Å². The molecular formula is C25H28BrF3N4O. The minimum atomic E-state index is -4.70. The number of hydrogen-bond donors (Lipinski definition) is 3. The summed E-state index contributed by atoms with van der Waals surface area (Å²) in [4.78, 5) is 4.76. The van der Waals surface area contributed by atoms with E-state index in [4.69, 9.17) is 4.98 Å². The van der Waals surface area contributed by atoms with E-state index in [1.165, 1.54) is 6.07 Å². The molecule has 0 saturated heterocycles.